The highest BCUT2D eigenvalue weighted by Crippen LogP contribution is 2.34. The van der Waals surface area contributed by atoms with Gasteiger partial charge in [-0.05, 0) is 42.9 Å². The summed E-state index contributed by atoms with van der Waals surface area (Å²) in [4.78, 5) is 14.5. The van der Waals surface area contributed by atoms with Crippen LogP contribution in [0.1, 0.15) is 49.0 Å². The Bertz CT molecular complexity index is 479. The van der Waals surface area contributed by atoms with E-state index in [9.17, 15) is 4.79 Å². The average Bonchev–Trinajstić information content (AvgIpc) is 2.42. The Hall–Kier alpha value is -1.22. The van der Waals surface area contributed by atoms with Crippen molar-refractivity contribution in [2.75, 3.05) is 18.8 Å². The highest BCUT2D eigenvalue weighted by Gasteiger charge is 2.30. The van der Waals surface area contributed by atoms with Gasteiger partial charge in [0, 0.05) is 24.3 Å². The Kier molecular flexibility index (Phi) is 5.46. The van der Waals surface area contributed by atoms with E-state index in [-0.39, 0.29) is 18.3 Å². The fraction of sp³-hybridized carbons (Fsp3) is 0.562. The fourth-order valence-electron chi connectivity index (χ4n) is 2.64. The average molecular weight is 297 g/mol. The topological polar surface area (TPSA) is 46.3 Å². The molecule has 0 aromatic heterocycles. The minimum Gasteiger partial charge on any atom is -0.399 e. The maximum atomic E-state index is 12.5. The lowest BCUT2D eigenvalue weighted by atomic mass is 9.78. The molecule has 1 aliphatic heterocycles. The number of halogens is 1. The molecule has 0 radical (unpaired) electrons. The van der Waals surface area contributed by atoms with Gasteiger partial charge in [-0.3, -0.25) is 4.79 Å². The molecule has 0 saturated carbocycles. The number of hydrogen-bond acceptors (Lipinski definition) is 2. The highest BCUT2D eigenvalue weighted by atomic mass is 35.5. The number of nitrogens with zero attached hydrogens (tertiary/aromatic N) is 1. The van der Waals surface area contributed by atoms with Gasteiger partial charge in [-0.1, -0.05) is 26.3 Å². The molecule has 1 aromatic carbocycles. The zero-order chi connectivity index (χ0) is 14.0. The maximum absolute atomic E-state index is 12.5. The van der Waals surface area contributed by atoms with Crippen molar-refractivity contribution < 1.29 is 4.79 Å². The first-order valence-corrected chi connectivity index (χ1v) is 7.10. The Labute approximate surface area is 127 Å². The summed E-state index contributed by atoms with van der Waals surface area (Å²) in [6.07, 6.45) is 3.37. The van der Waals surface area contributed by atoms with Crippen molar-refractivity contribution in [2.24, 2.45) is 5.41 Å². The molecule has 112 valence electrons. The van der Waals surface area contributed by atoms with Gasteiger partial charge in [-0.25, -0.2) is 0 Å². The summed E-state index contributed by atoms with van der Waals surface area (Å²) in [5, 5.41) is 0. The number of aryl methyl sites for hydroxylation is 1. The van der Waals surface area contributed by atoms with Crippen molar-refractivity contribution in [2.45, 2.75) is 40.0 Å². The molecule has 1 saturated heterocycles. The minimum atomic E-state index is 0. The minimum absolute atomic E-state index is 0. The van der Waals surface area contributed by atoms with Crippen LogP contribution in [-0.4, -0.2) is 23.9 Å². The fourth-order valence-corrected chi connectivity index (χ4v) is 2.64. The number of nitrogen functional groups attached to an aromatic ring is 1. The zero-order valence-electron chi connectivity index (χ0n) is 12.6. The largest absolute Gasteiger partial charge is 0.399 e. The van der Waals surface area contributed by atoms with Gasteiger partial charge in [0.1, 0.15) is 0 Å². The third-order valence-corrected chi connectivity index (χ3v) is 4.60. The van der Waals surface area contributed by atoms with Crippen molar-refractivity contribution in [1.82, 2.24) is 4.90 Å². The number of carbonyl (C=O) groups is 1. The highest BCUT2D eigenvalue weighted by molar-refractivity contribution is 5.96. The number of hydrogen-bond donors (Lipinski definition) is 1. The van der Waals surface area contributed by atoms with Gasteiger partial charge in [0.25, 0.3) is 5.91 Å². The van der Waals surface area contributed by atoms with Crippen molar-refractivity contribution in [3.63, 3.8) is 0 Å². The SMILES string of the molecule is CCC1(C)CCN(C(=O)c2cc(N)ccc2C)CC1.Cl. The van der Waals surface area contributed by atoms with E-state index in [4.69, 9.17) is 5.73 Å². The summed E-state index contributed by atoms with van der Waals surface area (Å²) in [5.41, 5.74) is 8.60. The monoisotopic (exact) mass is 296 g/mol. The van der Waals surface area contributed by atoms with E-state index in [1.54, 1.807) is 6.07 Å². The van der Waals surface area contributed by atoms with Crippen molar-refractivity contribution in [1.29, 1.82) is 0 Å². The molecule has 2 N–H and O–H groups in total. The third-order valence-electron chi connectivity index (χ3n) is 4.60. The number of carbonyl (C=O) groups excluding carboxylic acids is 1. The molecule has 0 bridgehead atoms. The molecule has 3 nitrogen and oxygen atoms in total. The molecule has 1 aromatic rings. The molecule has 0 atom stereocenters. The van der Waals surface area contributed by atoms with Gasteiger partial charge in [-0.15, -0.1) is 12.4 Å². The van der Waals surface area contributed by atoms with Crippen LogP contribution in [0.15, 0.2) is 18.2 Å². The van der Waals surface area contributed by atoms with Gasteiger partial charge in [0.15, 0.2) is 0 Å². The maximum Gasteiger partial charge on any atom is 0.254 e. The molecular weight excluding hydrogens is 272 g/mol. The lowest BCUT2D eigenvalue weighted by Crippen LogP contribution is -2.42. The van der Waals surface area contributed by atoms with Crippen molar-refractivity contribution in [3.05, 3.63) is 29.3 Å². The van der Waals surface area contributed by atoms with Gasteiger partial charge in [0.2, 0.25) is 0 Å². The Balaban J connectivity index is 0.00000200. The third kappa shape index (κ3) is 3.45. The van der Waals surface area contributed by atoms with Crippen LogP contribution < -0.4 is 5.73 Å². The number of rotatable bonds is 2. The first kappa shape index (κ1) is 16.8. The van der Waals surface area contributed by atoms with E-state index in [0.29, 0.717) is 11.1 Å². The number of likely N-dealkylation sites (tertiary alicyclic amines) is 1. The second kappa shape index (κ2) is 6.49. The van der Waals surface area contributed by atoms with E-state index in [1.165, 1.54) is 6.42 Å². The molecule has 4 heteroatoms. The second-order valence-corrected chi connectivity index (χ2v) is 6.03. The summed E-state index contributed by atoms with van der Waals surface area (Å²) >= 11 is 0. The number of amides is 1. The quantitative estimate of drug-likeness (QED) is 0.847. The molecule has 0 aliphatic carbocycles. The predicted molar refractivity (Wildman–Crippen MR) is 86.4 cm³/mol. The molecule has 0 spiro atoms. The van der Waals surface area contributed by atoms with Crippen LogP contribution in [0.4, 0.5) is 5.69 Å². The van der Waals surface area contributed by atoms with Gasteiger partial charge < -0.3 is 10.6 Å². The normalized spacial score (nSPS) is 17.4. The number of nitrogens with two attached hydrogens (primary N) is 1. The van der Waals surface area contributed by atoms with Gasteiger partial charge in [0.05, 0.1) is 0 Å². The first-order valence-electron chi connectivity index (χ1n) is 7.10. The molecule has 1 heterocycles. The smallest absolute Gasteiger partial charge is 0.254 e. The summed E-state index contributed by atoms with van der Waals surface area (Å²) in [7, 11) is 0. The van der Waals surface area contributed by atoms with Crippen molar-refractivity contribution >= 4 is 24.0 Å². The summed E-state index contributed by atoms with van der Waals surface area (Å²) < 4.78 is 0. The lowest BCUT2D eigenvalue weighted by molar-refractivity contribution is 0.0599. The summed E-state index contributed by atoms with van der Waals surface area (Å²) in [5.74, 6) is 0.128. The van der Waals surface area contributed by atoms with Gasteiger partial charge >= 0.3 is 0 Å². The second-order valence-electron chi connectivity index (χ2n) is 6.03. The van der Waals surface area contributed by atoms with Crippen LogP contribution in [0.2, 0.25) is 0 Å². The number of benzene rings is 1. The van der Waals surface area contributed by atoms with Gasteiger partial charge in [-0.2, -0.15) is 0 Å². The van der Waals surface area contributed by atoms with Crippen LogP contribution in [0.5, 0.6) is 0 Å². The Morgan fingerprint density at radius 1 is 1.35 bits per heavy atom. The Morgan fingerprint density at radius 3 is 2.50 bits per heavy atom. The zero-order valence-corrected chi connectivity index (χ0v) is 13.4. The number of anilines is 1. The van der Waals surface area contributed by atoms with Crippen molar-refractivity contribution in [3.8, 4) is 0 Å². The molecular formula is C16H25ClN2O. The van der Waals surface area contributed by atoms with E-state index in [0.717, 1.165) is 37.1 Å². The molecule has 1 fully saturated rings. The predicted octanol–water partition coefficient (Wildman–Crippen LogP) is 3.65. The van der Waals surface area contributed by atoms with E-state index in [1.807, 2.05) is 24.0 Å². The van der Waals surface area contributed by atoms with Crippen LogP contribution >= 0.6 is 12.4 Å². The molecule has 1 amide bonds. The molecule has 20 heavy (non-hydrogen) atoms. The number of piperidine rings is 1. The first-order chi connectivity index (χ1) is 8.95. The van der Waals surface area contributed by atoms with E-state index in [2.05, 4.69) is 13.8 Å². The molecule has 2 rings (SSSR count). The van der Waals surface area contributed by atoms with Crippen LogP contribution in [-0.2, 0) is 0 Å². The molecule has 0 unspecified atom stereocenters. The standard InChI is InChI=1S/C16H24N2O.ClH/c1-4-16(3)7-9-18(10-8-16)15(19)14-11-13(17)6-5-12(14)2;/h5-6,11H,4,7-10,17H2,1-3H3;1H. The lowest BCUT2D eigenvalue weighted by Gasteiger charge is -2.39. The van der Waals surface area contributed by atoms with Crippen LogP contribution in [0, 0.1) is 12.3 Å². The summed E-state index contributed by atoms with van der Waals surface area (Å²) in [6, 6.07) is 5.56. The summed E-state index contributed by atoms with van der Waals surface area (Å²) in [6.45, 7) is 8.24. The van der Waals surface area contributed by atoms with E-state index >= 15 is 0 Å². The molecule has 1 aliphatic rings. The van der Waals surface area contributed by atoms with E-state index < -0.39 is 0 Å². The van der Waals surface area contributed by atoms with Crippen LogP contribution in [0.25, 0.3) is 0 Å². The van der Waals surface area contributed by atoms with Crippen LogP contribution in [0.3, 0.4) is 0 Å². The Morgan fingerprint density at radius 2 is 1.95 bits per heavy atom.